The summed E-state index contributed by atoms with van der Waals surface area (Å²) in [4.78, 5) is 0. The Kier molecular flexibility index (Phi) is 3.73. The van der Waals surface area contributed by atoms with Gasteiger partial charge < -0.3 is 0 Å². The molecule has 0 bridgehead atoms. The molecule has 0 saturated carbocycles. The zero-order valence-electron chi connectivity index (χ0n) is 10.6. The Bertz CT molecular complexity index is 346. The van der Waals surface area contributed by atoms with E-state index in [1.165, 1.54) is 27.8 Å². The Morgan fingerprint density at radius 3 is 2.00 bits per heavy atom. The molecule has 82 valence electrons. The van der Waals surface area contributed by atoms with Crippen LogP contribution >= 0.6 is 0 Å². The summed E-state index contributed by atoms with van der Waals surface area (Å²) in [5, 5.41) is 0. The molecule has 0 spiro atoms. The lowest BCUT2D eigenvalue weighted by Gasteiger charge is -2.17. The largest absolute Gasteiger partial charge is 0.103 e. The predicted octanol–water partition coefficient (Wildman–Crippen LogP) is 4.28. The highest BCUT2D eigenvalue weighted by molar-refractivity contribution is 5.44. The molecule has 1 aromatic rings. The number of hydrogen-bond donors (Lipinski definition) is 0. The summed E-state index contributed by atoms with van der Waals surface area (Å²) >= 11 is 0. The molecular formula is C15H22. The highest BCUT2D eigenvalue weighted by Crippen LogP contribution is 2.24. The van der Waals surface area contributed by atoms with E-state index in [1.807, 2.05) is 6.08 Å². The lowest BCUT2D eigenvalue weighted by atomic mass is 9.89. The van der Waals surface area contributed by atoms with Crippen molar-refractivity contribution in [3.63, 3.8) is 0 Å². The number of allylic oxidation sites excluding steroid dienone is 1. The van der Waals surface area contributed by atoms with Crippen LogP contribution in [0.3, 0.4) is 0 Å². The van der Waals surface area contributed by atoms with Crippen molar-refractivity contribution < 1.29 is 0 Å². The van der Waals surface area contributed by atoms with Crippen LogP contribution in [-0.4, -0.2) is 0 Å². The van der Waals surface area contributed by atoms with E-state index in [4.69, 9.17) is 0 Å². The molecule has 0 amide bonds. The van der Waals surface area contributed by atoms with Crippen LogP contribution in [0, 0.1) is 33.6 Å². The lowest BCUT2D eigenvalue weighted by Crippen LogP contribution is -2.04. The molecule has 0 radical (unpaired) electrons. The second kappa shape index (κ2) is 4.65. The molecule has 0 aliphatic rings. The quantitative estimate of drug-likeness (QED) is 0.642. The Hall–Kier alpha value is -1.04. The summed E-state index contributed by atoms with van der Waals surface area (Å²) in [7, 11) is 0. The average molecular weight is 202 g/mol. The Balaban J connectivity index is 3.20. The smallest absolute Gasteiger partial charge is 0.0213 e. The van der Waals surface area contributed by atoms with Gasteiger partial charge in [-0.15, -0.1) is 6.58 Å². The molecule has 0 saturated heterocycles. The van der Waals surface area contributed by atoms with Crippen molar-refractivity contribution >= 4 is 0 Å². The summed E-state index contributed by atoms with van der Waals surface area (Å²) in [5.74, 6) is 0.559. The normalized spacial score (nSPS) is 12.6. The van der Waals surface area contributed by atoms with Gasteiger partial charge in [0.2, 0.25) is 0 Å². The van der Waals surface area contributed by atoms with Crippen LogP contribution in [0.4, 0.5) is 0 Å². The Morgan fingerprint density at radius 2 is 1.60 bits per heavy atom. The summed E-state index contributed by atoms with van der Waals surface area (Å²) in [5.41, 5.74) is 7.23. The van der Waals surface area contributed by atoms with E-state index in [-0.39, 0.29) is 0 Å². The van der Waals surface area contributed by atoms with E-state index in [0.717, 1.165) is 6.42 Å². The van der Waals surface area contributed by atoms with E-state index in [1.54, 1.807) is 0 Å². The summed E-state index contributed by atoms with van der Waals surface area (Å²) in [6.45, 7) is 14.9. The molecule has 0 aliphatic heterocycles. The SMILES string of the molecule is C=CC(C)Cc1c(C)c(C)cc(C)c1C. The minimum Gasteiger partial charge on any atom is -0.103 e. The molecule has 1 atom stereocenters. The van der Waals surface area contributed by atoms with E-state index in [0.29, 0.717) is 5.92 Å². The summed E-state index contributed by atoms with van der Waals surface area (Å²) in [6, 6.07) is 2.28. The summed E-state index contributed by atoms with van der Waals surface area (Å²) < 4.78 is 0. The van der Waals surface area contributed by atoms with Crippen LogP contribution in [0.1, 0.15) is 34.7 Å². The van der Waals surface area contributed by atoms with Gasteiger partial charge in [0.05, 0.1) is 0 Å². The van der Waals surface area contributed by atoms with Gasteiger partial charge in [0, 0.05) is 0 Å². The fraction of sp³-hybridized carbons (Fsp3) is 0.467. The van der Waals surface area contributed by atoms with Crippen molar-refractivity contribution in [1.29, 1.82) is 0 Å². The maximum Gasteiger partial charge on any atom is -0.0213 e. The van der Waals surface area contributed by atoms with Crippen molar-refractivity contribution in [3.8, 4) is 0 Å². The van der Waals surface area contributed by atoms with Crippen LogP contribution in [0.5, 0.6) is 0 Å². The molecule has 15 heavy (non-hydrogen) atoms. The van der Waals surface area contributed by atoms with Crippen LogP contribution in [0.2, 0.25) is 0 Å². The van der Waals surface area contributed by atoms with Crippen LogP contribution in [0.15, 0.2) is 18.7 Å². The molecular weight excluding hydrogens is 180 g/mol. The molecule has 0 N–H and O–H groups in total. The maximum absolute atomic E-state index is 3.86. The third-order valence-corrected chi connectivity index (χ3v) is 3.45. The number of rotatable bonds is 3. The molecule has 1 aromatic carbocycles. The van der Waals surface area contributed by atoms with Crippen LogP contribution < -0.4 is 0 Å². The summed E-state index contributed by atoms with van der Waals surface area (Å²) in [6.07, 6.45) is 3.15. The lowest BCUT2D eigenvalue weighted by molar-refractivity contribution is 0.717. The first-order valence-electron chi connectivity index (χ1n) is 5.66. The molecule has 0 heteroatoms. The van der Waals surface area contributed by atoms with Gasteiger partial charge in [0.1, 0.15) is 0 Å². The number of aryl methyl sites for hydroxylation is 2. The monoisotopic (exact) mass is 202 g/mol. The first kappa shape index (κ1) is 12.0. The zero-order valence-corrected chi connectivity index (χ0v) is 10.6. The molecule has 0 aliphatic carbocycles. The van der Waals surface area contributed by atoms with E-state index < -0.39 is 0 Å². The molecule has 0 heterocycles. The van der Waals surface area contributed by atoms with E-state index in [2.05, 4.69) is 47.3 Å². The van der Waals surface area contributed by atoms with Gasteiger partial charge in [0.25, 0.3) is 0 Å². The van der Waals surface area contributed by atoms with Crippen LogP contribution in [-0.2, 0) is 6.42 Å². The van der Waals surface area contributed by atoms with Gasteiger partial charge in [0.15, 0.2) is 0 Å². The molecule has 0 fully saturated rings. The highest BCUT2D eigenvalue weighted by atomic mass is 14.1. The zero-order chi connectivity index (χ0) is 11.6. The third kappa shape index (κ3) is 2.50. The number of benzene rings is 1. The standard InChI is InChI=1S/C15H22/c1-7-10(2)8-15-13(5)11(3)9-12(4)14(15)6/h7,9-10H,1,8H2,2-6H3. The maximum atomic E-state index is 3.86. The van der Waals surface area contributed by atoms with Gasteiger partial charge in [-0.3, -0.25) is 0 Å². The van der Waals surface area contributed by atoms with Crippen LogP contribution in [0.25, 0.3) is 0 Å². The minimum absolute atomic E-state index is 0.559. The fourth-order valence-corrected chi connectivity index (χ4v) is 2.01. The Morgan fingerprint density at radius 1 is 1.13 bits per heavy atom. The van der Waals surface area contributed by atoms with Gasteiger partial charge >= 0.3 is 0 Å². The highest BCUT2D eigenvalue weighted by Gasteiger charge is 2.10. The van der Waals surface area contributed by atoms with Crippen molar-refractivity contribution in [3.05, 3.63) is 46.5 Å². The molecule has 0 nitrogen and oxygen atoms in total. The van der Waals surface area contributed by atoms with E-state index >= 15 is 0 Å². The first-order chi connectivity index (χ1) is 6.97. The van der Waals surface area contributed by atoms with Crippen molar-refractivity contribution in [1.82, 2.24) is 0 Å². The topological polar surface area (TPSA) is 0 Å². The van der Waals surface area contributed by atoms with Crippen molar-refractivity contribution in [2.24, 2.45) is 5.92 Å². The predicted molar refractivity (Wildman–Crippen MR) is 68.5 cm³/mol. The third-order valence-electron chi connectivity index (χ3n) is 3.45. The first-order valence-corrected chi connectivity index (χ1v) is 5.66. The minimum atomic E-state index is 0.559. The van der Waals surface area contributed by atoms with Crippen molar-refractivity contribution in [2.45, 2.75) is 41.0 Å². The Labute approximate surface area is 94.0 Å². The van der Waals surface area contributed by atoms with Crippen molar-refractivity contribution in [2.75, 3.05) is 0 Å². The molecule has 1 rings (SSSR count). The molecule has 0 aromatic heterocycles. The second-order valence-electron chi connectivity index (χ2n) is 4.66. The fourth-order valence-electron chi connectivity index (χ4n) is 2.01. The van der Waals surface area contributed by atoms with E-state index in [9.17, 15) is 0 Å². The van der Waals surface area contributed by atoms with Gasteiger partial charge in [-0.05, 0) is 67.9 Å². The van der Waals surface area contributed by atoms with Gasteiger partial charge in [-0.2, -0.15) is 0 Å². The molecule has 1 unspecified atom stereocenters. The number of hydrogen-bond acceptors (Lipinski definition) is 0. The second-order valence-corrected chi connectivity index (χ2v) is 4.66. The van der Waals surface area contributed by atoms with Gasteiger partial charge in [-0.1, -0.05) is 19.1 Å². The van der Waals surface area contributed by atoms with Gasteiger partial charge in [-0.25, -0.2) is 0 Å². The average Bonchev–Trinajstić information content (AvgIpc) is 2.21.